The Morgan fingerprint density at radius 2 is 2.40 bits per heavy atom. The smallest absolute Gasteiger partial charge is 0.225 e. The highest BCUT2D eigenvalue weighted by molar-refractivity contribution is 9.10. The summed E-state index contributed by atoms with van der Waals surface area (Å²) >= 11 is 3.43. The Bertz CT molecular complexity index is 458. The Morgan fingerprint density at radius 1 is 1.55 bits per heavy atom. The first kappa shape index (κ1) is 15.3. The first-order valence-corrected chi connectivity index (χ1v) is 7.68. The number of halogens is 1. The Kier molecular flexibility index (Phi) is 5.86. The average Bonchev–Trinajstić information content (AvgIpc) is 2.98. The van der Waals surface area contributed by atoms with E-state index in [1.807, 2.05) is 12.1 Å². The molecule has 1 aliphatic rings. The van der Waals surface area contributed by atoms with Gasteiger partial charge in [0.15, 0.2) is 0 Å². The van der Waals surface area contributed by atoms with E-state index in [0.29, 0.717) is 19.8 Å². The molecule has 20 heavy (non-hydrogen) atoms. The molecule has 1 atom stereocenters. The summed E-state index contributed by atoms with van der Waals surface area (Å²) in [6.07, 6.45) is 2.63. The van der Waals surface area contributed by atoms with Gasteiger partial charge >= 0.3 is 0 Å². The summed E-state index contributed by atoms with van der Waals surface area (Å²) < 4.78 is 11.6. The second kappa shape index (κ2) is 7.64. The third-order valence-electron chi connectivity index (χ3n) is 3.47. The molecule has 1 N–H and O–H groups in total. The highest BCUT2D eigenvalue weighted by Crippen LogP contribution is 2.24. The van der Waals surface area contributed by atoms with Crippen molar-refractivity contribution in [2.45, 2.75) is 19.3 Å². The van der Waals surface area contributed by atoms with Crippen molar-refractivity contribution in [1.82, 2.24) is 5.32 Å². The van der Waals surface area contributed by atoms with Crippen LogP contribution in [0.25, 0.3) is 0 Å². The fourth-order valence-corrected chi connectivity index (χ4v) is 2.64. The van der Waals surface area contributed by atoms with Gasteiger partial charge in [-0.05, 0) is 37.0 Å². The molecule has 0 bridgehead atoms. The molecule has 0 saturated carbocycles. The van der Waals surface area contributed by atoms with Crippen LogP contribution in [0, 0.1) is 5.92 Å². The number of ether oxygens (including phenoxy) is 2. The van der Waals surface area contributed by atoms with E-state index in [4.69, 9.17) is 9.47 Å². The standard InChI is InChI=1S/C15H20BrNO3/c1-19-14-9-13(16)5-4-11(14)3-2-7-17-15(18)12-6-8-20-10-12/h4-5,9,12H,2-3,6-8,10H2,1H3,(H,17,18). The molecule has 1 fully saturated rings. The summed E-state index contributed by atoms with van der Waals surface area (Å²) in [6.45, 7) is 1.95. The van der Waals surface area contributed by atoms with Crippen molar-refractivity contribution in [3.05, 3.63) is 28.2 Å². The van der Waals surface area contributed by atoms with Gasteiger partial charge in [0, 0.05) is 17.6 Å². The zero-order chi connectivity index (χ0) is 14.4. The van der Waals surface area contributed by atoms with Gasteiger partial charge in [-0.1, -0.05) is 22.0 Å². The van der Waals surface area contributed by atoms with E-state index >= 15 is 0 Å². The van der Waals surface area contributed by atoms with Crippen LogP contribution in [-0.4, -0.2) is 32.8 Å². The van der Waals surface area contributed by atoms with Gasteiger partial charge < -0.3 is 14.8 Å². The lowest BCUT2D eigenvalue weighted by Crippen LogP contribution is -2.31. The number of carbonyl (C=O) groups is 1. The van der Waals surface area contributed by atoms with Crippen molar-refractivity contribution in [3.8, 4) is 5.75 Å². The van der Waals surface area contributed by atoms with Gasteiger partial charge in [0.25, 0.3) is 0 Å². The first-order valence-electron chi connectivity index (χ1n) is 6.88. The number of benzene rings is 1. The van der Waals surface area contributed by atoms with Crippen LogP contribution in [0.1, 0.15) is 18.4 Å². The van der Waals surface area contributed by atoms with Crippen molar-refractivity contribution < 1.29 is 14.3 Å². The second-order valence-electron chi connectivity index (χ2n) is 4.91. The maximum Gasteiger partial charge on any atom is 0.225 e. The Labute approximate surface area is 128 Å². The van der Waals surface area contributed by atoms with Crippen molar-refractivity contribution >= 4 is 21.8 Å². The van der Waals surface area contributed by atoms with Crippen LogP contribution in [0.3, 0.4) is 0 Å². The average molecular weight is 342 g/mol. The minimum absolute atomic E-state index is 0.0391. The number of aryl methyl sites for hydroxylation is 1. The Balaban J connectivity index is 1.74. The molecule has 4 nitrogen and oxygen atoms in total. The van der Waals surface area contributed by atoms with E-state index < -0.39 is 0 Å². The third-order valence-corrected chi connectivity index (χ3v) is 3.96. The number of amides is 1. The van der Waals surface area contributed by atoms with Crippen molar-refractivity contribution in [1.29, 1.82) is 0 Å². The predicted molar refractivity (Wildman–Crippen MR) is 81.0 cm³/mol. The molecule has 1 aliphatic heterocycles. The Hall–Kier alpha value is -1.07. The molecule has 2 rings (SSSR count). The van der Waals surface area contributed by atoms with Crippen LogP contribution in [0.4, 0.5) is 0 Å². The van der Waals surface area contributed by atoms with E-state index in [9.17, 15) is 4.79 Å². The third kappa shape index (κ3) is 4.21. The summed E-state index contributed by atoms with van der Waals surface area (Å²) in [4.78, 5) is 11.8. The number of hydrogen-bond acceptors (Lipinski definition) is 3. The normalized spacial score (nSPS) is 18.0. The van der Waals surface area contributed by atoms with Crippen molar-refractivity contribution in [2.24, 2.45) is 5.92 Å². The van der Waals surface area contributed by atoms with Crippen molar-refractivity contribution in [2.75, 3.05) is 26.9 Å². The lowest BCUT2D eigenvalue weighted by atomic mass is 10.1. The molecule has 5 heteroatoms. The molecule has 1 aromatic rings. The zero-order valence-corrected chi connectivity index (χ0v) is 13.2. The van der Waals surface area contributed by atoms with Gasteiger partial charge in [-0.25, -0.2) is 0 Å². The fraction of sp³-hybridized carbons (Fsp3) is 0.533. The maximum atomic E-state index is 11.8. The molecular formula is C15H20BrNO3. The van der Waals surface area contributed by atoms with Crippen LogP contribution >= 0.6 is 15.9 Å². The summed E-state index contributed by atoms with van der Waals surface area (Å²) in [5.41, 5.74) is 1.16. The molecule has 0 aromatic heterocycles. The van der Waals surface area contributed by atoms with E-state index in [-0.39, 0.29) is 11.8 Å². The molecular weight excluding hydrogens is 322 g/mol. The number of nitrogens with one attached hydrogen (secondary N) is 1. The monoisotopic (exact) mass is 341 g/mol. The van der Waals surface area contributed by atoms with Crippen LogP contribution in [-0.2, 0) is 16.0 Å². The van der Waals surface area contributed by atoms with Crippen LogP contribution in [0.5, 0.6) is 5.75 Å². The molecule has 110 valence electrons. The lowest BCUT2D eigenvalue weighted by molar-refractivity contribution is -0.124. The highest BCUT2D eigenvalue weighted by Gasteiger charge is 2.22. The van der Waals surface area contributed by atoms with Gasteiger partial charge in [-0.3, -0.25) is 4.79 Å². The first-order chi connectivity index (χ1) is 9.70. The molecule has 0 aliphatic carbocycles. The van der Waals surface area contributed by atoms with Gasteiger partial charge in [0.2, 0.25) is 5.91 Å². The van der Waals surface area contributed by atoms with E-state index in [1.165, 1.54) is 0 Å². The molecule has 1 heterocycles. The molecule has 0 radical (unpaired) electrons. The molecule has 0 spiro atoms. The van der Waals surface area contributed by atoms with Gasteiger partial charge in [-0.15, -0.1) is 0 Å². The van der Waals surface area contributed by atoms with Gasteiger partial charge in [0.05, 0.1) is 19.6 Å². The zero-order valence-electron chi connectivity index (χ0n) is 11.7. The summed E-state index contributed by atoms with van der Waals surface area (Å²) in [7, 11) is 1.67. The minimum atomic E-state index is 0.0391. The molecule has 1 amide bonds. The second-order valence-corrected chi connectivity index (χ2v) is 5.83. The maximum absolute atomic E-state index is 11.8. The van der Waals surface area contributed by atoms with Crippen LogP contribution in [0.15, 0.2) is 22.7 Å². The molecule has 1 unspecified atom stereocenters. The van der Waals surface area contributed by atoms with E-state index in [1.54, 1.807) is 7.11 Å². The van der Waals surface area contributed by atoms with E-state index in [2.05, 4.69) is 27.3 Å². The lowest BCUT2D eigenvalue weighted by Gasteiger charge is -2.11. The van der Waals surface area contributed by atoms with Crippen LogP contribution in [0.2, 0.25) is 0 Å². The quantitative estimate of drug-likeness (QED) is 0.809. The fourth-order valence-electron chi connectivity index (χ4n) is 2.30. The highest BCUT2D eigenvalue weighted by atomic mass is 79.9. The largest absolute Gasteiger partial charge is 0.496 e. The summed E-state index contributed by atoms with van der Waals surface area (Å²) in [5, 5.41) is 2.97. The Morgan fingerprint density at radius 3 is 3.10 bits per heavy atom. The number of carbonyl (C=O) groups excluding carboxylic acids is 1. The number of rotatable bonds is 6. The summed E-state index contributed by atoms with van der Waals surface area (Å²) in [6, 6.07) is 6.02. The molecule has 1 aromatic carbocycles. The van der Waals surface area contributed by atoms with Crippen molar-refractivity contribution in [3.63, 3.8) is 0 Å². The van der Waals surface area contributed by atoms with Crippen LogP contribution < -0.4 is 10.1 Å². The minimum Gasteiger partial charge on any atom is -0.496 e. The SMILES string of the molecule is COc1cc(Br)ccc1CCCNC(=O)C1CCOC1. The summed E-state index contributed by atoms with van der Waals surface area (Å²) in [5.74, 6) is 1.04. The van der Waals surface area contributed by atoms with Gasteiger partial charge in [0.1, 0.15) is 5.75 Å². The van der Waals surface area contributed by atoms with Gasteiger partial charge in [-0.2, -0.15) is 0 Å². The number of methoxy groups -OCH3 is 1. The predicted octanol–water partition coefficient (Wildman–Crippen LogP) is 2.54. The van der Waals surface area contributed by atoms with E-state index in [0.717, 1.165) is 35.0 Å². The number of hydrogen-bond donors (Lipinski definition) is 1. The molecule has 1 saturated heterocycles. The topological polar surface area (TPSA) is 47.6 Å².